The van der Waals surface area contributed by atoms with Gasteiger partial charge in [0, 0.05) is 0 Å². The second-order valence-electron chi connectivity index (χ2n) is 1.71. The van der Waals surface area contributed by atoms with Crippen molar-refractivity contribution in [2.45, 2.75) is 13.0 Å². The second kappa shape index (κ2) is 2.95. The molecule has 53 valence electrons. The number of aryl methyl sites for hydroxylation is 1. The van der Waals surface area contributed by atoms with Gasteiger partial charge in [-0.3, -0.25) is 4.79 Å². The van der Waals surface area contributed by atoms with Crippen LogP contribution in [-0.4, -0.2) is 26.1 Å². The summed E-state index contributed by atoms with van der Waals surface area (Å²) < 4.78 is 0. The van der Waals surface area contributed by atoms with Crippen LogP contribution in [0.4, 0.5) is 0 Å². The number of hydrogen-bond acceptors (Lipinski definition) is 3. The van der Waals surface area contributed by atoms with E-state index >= 15 is 0 Å². The molecule has 0 amide bonds. The molecule has 0 aliphatic heterocycles. The Balaban J connectivity index is 2.35. The van der Waals surface area contributed by atoms with Crippen LogP contribution in [0.15, 0.2) is 6.20 Å². The number of aliphatic carboxylic acids is 1. The first-order valence-electron chi connectivity index (χ1n) is 2.77. The number of aromatic nitrogens is 3. The third-order valence-corrected chi connectivity index (χ3v) is 0.948. The number of carbonyl (C=O) groups is 1. The summed E-state index contributed by atoms with van der Waals surface area (Å²) in [5, 5.41) is 15.5. The van der Waals surface area contributed by atoms with E-state index in [-0.39, 0.29) is 6.42 Å². The maximum atomic E-state index is 10.0. The summed E-state index contributed by atoms with van der Waals surface area (Å²) in [7, 11) is 0. The minimum Gasteiger partial charge on any atom is -0.481 e. The molecule has 0 bridgehead atoms. The Morgan fingerprint density at radius 1 is 1.80 bits per heavy atom. The maximum Gasteiger partial charge on any atom is 0.305 e. The van der Waals surface area contributed by atoms with E-state index in [4.69, 9.17) is 5.11 Å². The van der Waals surface area contributed by atoms with Crippen molar-refractivity contribution in [1.29, 1.82) is 0 Å². The molecule has 10 heavy (non-hydrogen) atoms. The van der Waals surface area contributed by atoms with Crippen molar-refractivity contribution < 1.29 is 9.90 Å². The molecule has 0 atom stereocenters. The molecular formula is C5H6N3O2. The Labute approximate surface area is 57.3 Å². The van der Waals surface area contributed by atoms with E-state index in [9.17, 15) is 4.79 Å². The van der Waals surface area contributed by atoms with E-state index in [1.807, 2.05) is 0 Å². The molecule has 1 N–H and O–H groups in total. The van der Waals surface area contributed by atoms with Crippen molar-refractivity contribution in [1.82, 2.24) is 15.0 Å². The zero-order valence-corrected chi connectivity index (χ0v) is 5.19. The maximum absolute atomic E-state index is 10.0. The molecule has 0 saturated heterocycles. The van der Waals surface area contributed by atoms with E-state index < -0.39 is 5.97 Å². The molecular weight excluding hydrogens is 134 g/mol. The Hall–Kier alpha value is -1.39. The van der Waals surface area contributed by atoms with Gasteiger partial charge in [0.1, 0.15) is 6.20 Å². The van der Waals surface area contributed by atoms with Crippen LogP contribution in [-0.2, 0) is 11.3 Å². The first-order chi connectivity index (χ1) is 4.79. The van der Waals surface area contributed by atoms with Gasteiger partial charge >= 0.3 is 5.97 Å². The van der Waals surface area contributed by atoms with Crippen LogP contribution < -0.4 is 0 Å². The van der Waals surface area contributed by atoms with E-state index in [0.717, 1.165) is 0 Å². The van der Waals surface area contributed by atoms with Crippen LogP contribution in [0.2, 0.25) is 0 Å². The average molecular weight is 140 g/mol. The van der Waals surface area contributed by atoms with E-state index in [1.165, 1.54) is 11.0 Å². The number of nitrogens with zero attached hydrogens (tertiary/aromatic N) is 3. The number of hydrogen-bond donors (Lipinski definition) is 1. The van der Waals surface area contributed by atoms with Crippen molar-refractivity contribution in [3.63, 3.8) is 0 Å². The second-order valence-corrected chi connectivity index (χ2v) is 1.71. The summed E-state index contributed by atoms with van der Waals surface area (Å²) in [6.45, 7) is 0.304. The monoisotopic (exact) mass is 140 g/mol. The smallest absolute Gasteiger partial charge is 0.305 e. The summed E-state index contributed by atoms with van der Waals surface area (Å²) in [6.07, 6.45) is 3.90. The molecule has 0 unspecified atom stereocenters. The molecule has 0 saturated carbocycles. The van der Waals surface area contributed by atoms with Gasteiger partial charge in [0.15, 0.2) is 0 Å². The van der Waals surface area contributed by atoms with Crippen molar-refractivity contribution in [3.8, 4) is 0 Å². The highest BCUT2D eigenvalue weighted by molar-refractivity contribution is 5.66. The molecule has 0 fully saturated rings. The van der Waals surface area contributed by atoms with E-state index in [2.05, 4.69) is 16.4 Å². The van der Waals surface area contributed by atoms with Gasteiger partial charge in [-0.25, -0.2) is 0 Å². The molecule has 1 rings (SSSR count). The van der Waals surface area contributed by atoms with Crippen LogP contribution in [0.3, 0.4) is 0 Å². The van der Waals surface area contributed by atoms with Crippen LogP contribution >= 0.6 is 0 Å². The fourth-order valence-corrected chi connectivity index (χ4v) is 0.514. The first-order valence-corrected chi connectivity index (χ1v) is 2.77. The Kier molecular flexibility index (Phi) is 1.99. The molecule has 5 heteroatoms. The lowest BCUT2D eigenvalue weighted by Gasteiger charge is -1.92. The highest BCUT2D eigenvalue weighted by Crippen LogP contribution is 1.83. The van der Waals surface area contributed by atoms with Gasteiger partial charge in [0.2, 0.25) is 0 Å². The van der Waals surface area contributed by atoms with E-state index in [1.54, 1.807) is 0 Å². The molecule has 0 aromatic carbocycles. The standard InChI is InChI=1S/C5H6N3O2/c9-5(10)1-4-8-6-2-3-7-8/h2H,1,4H2,(H,9,10). The fourth-order valence-electron chi connectivity index (χ4n) is 0.514. The fraction of sp³-hybridized carbons (Fsp3) is 0.400. The van der Waals surface area contributed by atoms with Crippen LogP contribution in [0.1, 0.15) is 6.42 Å². The molecule has 0 aliphatic carbocycles. The average Bonchev–Trinajstić information content (AvgIpc) is 2.34. The highest BCUT2D eigenvalue weighted by atomic mass is 16.4. The van der Waals surface area contributed by atoms with Gasteiger partial charge in [0.05, 0.1) is 19.2 Å². The van der Waals surface area contributed by atoms with Gasteiger partial charge in [0.25, 0.3) is 0 Å². The summed E-state index contributed by atoms with van der Waals surface area (Å²) in [6, 6.07) is 0. The molecule has 1 radical (unpaired) electrons. The Morgan fingerprint density at radius 3 is 3.10 bits per heavy atom. The minimum atomic E-state index is -0.850. The van der Waals surface area contributed by atoms with Gasteiger partial charge in [-0.15, -0.1) is 0 Å². The Morgan fingerprint density at radius 2 is 2.60 bits per heavy atom. The molecule has 1 heterocycles. The normalized spacial score (nSPS) is 9.60. The van der Waals surface area contributed by atoms with E-state index in [0.29, 0.717) is 6.54 Å². The van der Waals surface area contributed by atoms with Gasteiger partial charge < -0.3 is 5.11 Å². The lowest BCUT2D eigenvalue weighted by molar-refractivity contribution is -0.137. The predicted octanol–water partition coefficient (Wildman–Crippen LogP) is -0.447. The lowest BCUT2D eigenvalue weighted by atomic mass is 10.4. The molecule has 0 spiro atoms. The Bertz CT molecular complexity index is 207. The summed E-state index contributed by atoms with van der Waals surface area (Å²) in [4.78, 5) is 11.3. The van der Waals surface area contributed by atoms with Gasteiger partial charge in [-0.05, 0) is 0 Å². The summed E-state index contributed by atoms with van der Waals surface area (Å²) in [5.41, 5.74) is 0. The van der Waals surface area contributed by atoms with Crippen molar-refractivity contribution in [2.75, 3.05) is 0 Å². The molecule has 0 aliphatic rings. The summed E-state index contributed by atoms with van der Waals surface area (Å²) >= 11 is 0. The zero-order chi connectivity index (χ0) is 7.40. The molecule has 1 aromatic rings. The number of carboxylic acid groups (broad SMARTS) is 1. The SMILES string of the molecule is O=C(O)CCn1n[c]cn1. The predicted molar refractivity (Wildman–Crippen MR) is 31.1 cm³/mol. The van der Waals surface area contributed by atoms with Crippen molar-refractivity contribution in [2.24, 2.45) is 0 Å². The topological polar surface area (TPSA) is 68.0 Å². The lowest BCUT2D eigenvalue weighted by Crippen LogP contribution is -2.06. The van der Waals surface area contributed by atoms with Gasteiger partial charge in [-0.1, -0.05) is 0 Å². The van der Waals surface area contributed by atoms with Crippen molar-refractivity contribution in [3.05, 3.63) is 12.4 Å². The zero-order valence-electron chi connectivity index (χ0n) is 5.19. The minimum absolute atomic E-state index is 0.0442. The van der Waals surface area contributed by atoms with Crippen molar-refractivity contribution >= 4 is 5.97 Å². The summed E-state index contributed by atoms with van der Waals surface area (Å²) in [5.74, 6) is -0.850. The number of rotatable bonds is 3. The largest absolute Gasteiger partial charge is 0.481 e. The molecule has 1 aromatic heterocycles. The van der Waals surface area contributed by atoms with Gasteiger partial charge in [-0.2, -0.15) is 15.0 Å². The first kappa shape index (κ1) is 6.73. The van der Waals surface area contributed by atoms with Crippen LogP contribution in [0.5, 0.6) is 0 Å². The highest BCUT2D eigenvalue weighted by Gasteiger charge is 1.97. The third kappa shape index (κ3) is 1.85. The van der Waals surface area contributed by atoms with Crippen LogP contribution in [0.25, 0.3) is 0 Å². The third-order valence-electron chi connectivity index (χ3n) is 0.948. The quantitative estimate of drug-likeness (QED) is 0.617. The molecule has 5 nitrogen and oxygen atoms in total. The number of carboxylic acids is 1. The van der Waals surface area contributed by atoms with Crippen LogP contribution in [0, 0.1) is 6.20 Å².